The third-order valence-corrected chi connectivity index (χ3v) is 5.30. The monoisotopic (exact) mass is 391 g/mol. The largest absolute Gasteiger partial charge is 0.451 e. The number of thioether (sulfide) groups is 1. The van der Waals surface area contributed by atoms with Gasteiger partial charge < -0.3 is 14.3 Å². The Balaban J connectivity index is 1.74. The summed E-state index contributed by atoms with van der Waals surface area (Å²) in [6.07, 6.45) is 5.62. The van der Waals surface area contributed by atoms with Crippen molar-refractivity contribution in [2.45, 2.75) is 11.8 Å². The summed E-state index contributed by atoms with van der Waals surface area (Å²) in [6, 6.07) is 17.2. The second-order valence-corrected chi connectivity index (χ2v) is 7.42. The molecule has 6 heteroatoms. The summed E-state index contributed by atoms with van der Waals surface area (Å²) in [5.74, 6) is 1.60. The smallest absolute Gasteiger partial charge is 0.288 e. The minimum absolute atomic E-state index is 0.239. The van der Waals surface area contributed by atoms with Gasteiger partial charge in [-0.1, -0.05) is 48.5 Å². The first-order valence-corrected chi connectivity index (χ1v) is 10.4. The number of aryl methyl sites for hydroxylation is 1. The van der Waals surface area contributed by atoms with E-state index < -0.39 is 0 Å². The van der Waals surface area contributed by atoms with Crippen LogP contribution in [0.25, 0.3) is 11.0 Å². The Kier molecular flexibility index (Phi) is 5.21. The second kappa shape index (κ2) is 7.94. The molecule has 2 aromatic carbocycles. The van der Waals surface area contributed by atoms with E-state index in [-0.39, 0.29) is 11.9 Å². The number of imidazole rings is 1. The Hall–Kier alpha value is -2.99. The number of nitrogens with zero attached hydrogens (tertiary/aromatic N) is 2. The van der Waals surface area contributed by atoms with Crippen molar-refractivity contribution in [3.63, 3.8) is 0 Å². The summed E-state index contributed by atoms with van der Waals surface area (Å²) in [4.78, 5) is 17.7. The highest BCUT2D eigenvalue weighted by Crippen LogP contribution is 2.30. The fraction of sp³-hybridized carbons (Fsp3) is 0.182. The molecule has 0 spiro atoms. The lowest BCUT2D eigenvalue weighted by Crippen LogP contribution is -2.31. The number of para-hydroxylation sites is 1. The summed E-state index contributed by atoms with van der Waals surface area (Å²) >= 11 is 1.66. The van der Waals surface area contributed by atoms with E-state index in [9.17, 15) is 4.79 Å². The lowest BCUT2D eigenvalue weighted by atomic mass is 10.1. The summed E-state index contributed by atoms with van der Waals surface area (Å²) in [6.45, 7) is 0. The number of hydrogen-bond donors (Lipinski definition) is 1. The van der Waals surface area contributed by atoms with Crippen molar-refractivity contribution < 1.29 is 9.21 Å². The van der Waals surface area contributed by atoms with Crippen molar-refractivity contribution in [2.24, 2.45) is 7.05 Å². The molecule has 0 fully saturated rings. The molecule has 1 unspecified atom stereocenters. The fourth-order valence-electron chi connectivity index (χ4n) is 3.36. The third kappa shape index (κ3) is 3.43. The van der Waals surface area contributed by atoms with Gasteiger partial charge in [-0.05, 0) is 17.9 Å². The number of fused-ring (bicyclic) bond motifs is 1. The molecule has 0 aliphatic carbocycles. The van der Waals surface area contributed by atoms with Crippen LogP contribution in [0.15, 0.2) is 71.4 Å². The minimum atomic E-state index is -0.371. The Morgan fingerprint density at radius 1 is 1.18 bits per heavy atom. The van der Waals surface area contributed by atoms with Crippen LogP contribution in [0.1, 0.15) is 33.5 Å². The van der Waals surface area contributed by atoms with E-state index in [1.54, 1.807) is 18.0 Å². The van der Waals surface area contributed by atoms with Crippen molar-refractivity contribution >= 4 is 28.6 Å². The molecule has 4 rings (SSSR count). The molecule has 142 valence electrons. The van der Waals surface area contributed by atoms with Gasteiger partial charge in [0.1, 0.15) is 17.4 Å². The van der Waals surface area contributed by atoms with Gasteiger partial charge in [0.25, 0.3) is 5.91 Å². The highest BCUT2D eigenvalue weighted by molar-refractivity contribution is 7.97. The molecule has 1 atom stereocenters. The van der Waals surface area contributed by atoms with E-state index in [1.807, 2.05) is 78.7 Å². The number of furan rings is 1. The van der Waals surface area contributed by atoms with Crippen molar-refractivity contribution in [3.8, 4) is 0 Å². The first-order chi connectivity index (χ1) is 13.7. The van der Waals surface area contributed by atoms with Crippen LogP contribution < -0.4 is 5.32 Å². The second-order valence-electron chi connectivity index (χ2n) is 6.55. The maximum absolute atomic E-state index is 13.2. The maximum Gasteiger partial charge on any atom is 0.288 e. The minimum Gasteiger partial charge on any atom is -0.451 e. The van der Waals surface area contributed by atoms with Gasteiger partial charge in [-0.2, -0.15) is 11.8 Å². The number of nitrogens with one attached hydrogen (secondary N) is 1. The lowest BCUT2D eigenvalue weighted by Gasteiger charge is -2.19. The average molecular weight is 391 g/mol. The molecule has 1 amide bonds. The van der Waals surface area contributed by atoms with Gasteiger partial charge in [0.2, 0.25) is 0 Å². The van der Waals surface area contributed by atoms with Gasteiger partial charge in [0, 0.05) is 36.1 Å². The van der Waals surface area contributed by atoms with E-state index in [0.29, 0.717) is 11.5 Å². The van der Waals surface area contributed by atoms with Gasteiger partial charge in [0.05, 0.1) is 0 Å². The van der Waals surface area contributed by atoms with Crippen LogP contribution >= 0.6 is 11.8 Å². The number of amides is 1. The number of carbonyl (C=O) groups excluding carboxylic acids is 1. The molecule has 5 nitrogen and oxygen atoms in total. The zero-order valence-electron chi connectivity index (χ0n) is 15.8. The molecule has 0 saturated carbocycles. The van der Waals surface area contributed by atoms with Crippen molar-refractivity contribution in [1.29, 1.82) is 0 Å². The Bertz CT molecular complexity index is 1100. The average Bonchev–Trinajstić information content (AvgIpc) is 3.31. The molecule has 2 aromatic heterocycles. The van der Waals surface area contributed by atoms with Gasteiger partial charge >= 0.3 is 0 Å². The van der Waals surface area contributed by atoms with Gasteiger partial charge in [-0.15, -0.1) is 0 Å². The number of rotatable bonds is 6. The quantitative estimate of drug-likeness (QED) is 0.524. The van der Waals surface area contributed by atoms with Crippen LogP contribution in [0.4, 0.5) is 0 Å². The van der Waals surface area contributed by atoms with Crippen molar-refractivity contribution in [1.82, 2.24) is 14.9 Å². The first kappa shape index (κ1) is 18.4. The van der Waals surface area contributed by atoms with Crippen LogP contribution in [-0.2, 0) is 12.8 Å². The van der Waals surface area contributed by atoms with E-state index in [4.69, 9.17) is 4.42 Å². The summed E-state index contributed by atoms with van der Waals surface area (Å²) in [7, 11) is 1.92. The highest BCUT2D eigenvalue weighted by Gasteiger charge is 2.26. The van der Waals surface area contributed by atoms with Crippen molar-refractivity contribution in [2.75, 3.05) is 6.26 Å². The predicted molar refractivity (Wildman–Crippen MR) is 112 cm³/mol. The van der Waals surface area contributed by atoms with Crippen LogP contribution in [0, 0.1) is 0 Å². The van der Waals surface area contributed by atoms with Crippen LogP contribution in [0.2, 0.25) is 0 Å². The van der Waals surface area contributed by atoms with Gasteiger partial charge in [-0.25, -0.2) is 4.98 Å². The first-order valence-electron chi connectivity index (χ1n) is 9.01. The molecule has 28 heavy (non-hydrogen) atoms. The summed E-state index contributed by atoms with van der Waals surface area (Å²) in [5.41, 5.74) is 2.62. The summed E-state index contributed by atoms with van der Waals surface area (Å²) in [5, 5.41) is 4.11. The Labute approximate surface area is 167 Å². The number of aromatic nitrogens is 2. The Morgan fingerprint density at radius 3 is 2.64 bits per heavy atom. The van der Waals surface area contributed by atoms with E-state index in [1.165, 1.54) is 0 Å². The lowest BCUT2D eigenvalue weighted by molar-refractivity contribution is 0.0914. The van der Waals surface area contributed by atoms with Crippen LogP contribution in [0.5, 0.6) is 0 Å². The standard InChI is InChI=1S/C22H21N3O2S/c1-25-13-12-23-21(25)19(15-8-4-3-5-9-15)24-22(26)20-17(14-28-2)16-10-6-7-11-18(16)27-20/h3-13,19H,14H2,1-2H3,(H,24,26). The molecular formula is C22H21N3O2S. The zero-order valence-corrected chi connectivity index (χ0v) is 16.6. The SMILES string of the molecule is CSCc1c(C(=O)NC(c2ccccc2)c2nccn2C)oc2ccccc12. The summed E-state index contributed by atoms with van der Waals surface area (Å²) < 4.78 is 7.86. The molecule has 0 aliphatic rings. The van der Waals surface area contributed by atoms with Gasteiger partial charge in [-0.3, -0.25) is 4.79 Å². The molecule has 0 saturated heterocycles. The normalized spacial score (nSPS) is 12.2. The topological polar surface area (TPSA) is 60.1 Å². The van der Waals surface area contributed by atoms with E-state index in [2.05, 4.69) is 10.3 Å². The van der Waals surface area contributed by atoms with E-state index in [0.717, 1.165) is 27.9 Å². The molecule has 0 aliphatic heterocycles. The Morgan fingerprint density at radius 2 is 1.93 bits per heavy atom. The highest BCUT2D eigenvalue weighted by atomic mass is 32.2. The zero-order chi connectivity index (χ0) is 19.5. The molecule has 0 bridgehead atoms. The van der Waals surface area contributed by atoms with Crippen LogP contribution in [0.3, 0.4) is 0 Å². The number of benzene rings is 2. The molecule has 1 N–H and O–H groups in total. The van der Waals surface area contributed by atoms with Gasteiger partial charge in [0.15, 0.2) is 5.76 Å². The molecule has 0 radical (unpaired) electrons. The van der Waals surface area contributed by atoms with Crippen molar-refractivity contribution in [3.05, 3.63) is 89.7 Å². The maximum atomic E-state index is 13.2. The van der Waals surface area contributed by atoms with E-state index >= 15 is 0 Å². The number of hydrogen-bond acceptors (Lipinski definition) is 4. The fourth-order valence-corrected chi connectivity index (χ4v) is 3.94. The molecule has 4 aromatic rings. The molecule has 2 heterocycles. The molecular weight excluding hydrogens is 370 g/mol. The van der Waals surface area contributed by atoms with Crippen LogP contribution in [-0.4, -0.2) is 21.7 Å². The number of carbonyl (C=O) groups is 1. The third-order valence-electron chi connectivity index (χ3n) is 4.72. The predicted octanol–water partition coefficient (Wildman–Crippen LogP) is 4.55.